The molecule has 1 fully saturated rings. The zero-order valence-electron chi connectivity index (χ0n) is 9.45. The first-order valence-electron chi connectivity index (χ1n) is 5.92. The van der Waals surface area contributed by atoms with E-state index in [1.54, 1.807) is 12.1 Å². The minimum atomic E-state index is -0.100. The highest BCUT2D eigenvalue weighted by atomic mass is 16.3. The Kier molecular flexibility index (Phi) is 3.80. The monoisotopic (exact) mass is 221 g/mol. The Bertz CT molecular complexity index is 346. The van der Waals surface area contributed by atoms with E-state index in [-0.39, 0.29) is 12.4 Å². The minimum Gasteiger partial charge on any atom is -0.508 e. The van der Waals surface area contributed by atoms with Crippen LogP contribution in [0.15, 0.2) is 18.2 Å². The molecule has 0 saturated carbocycles. The predicted octanol–water partition coefficient (Wildman–Crippen LogP) is 1.43. The molecule has 1 atom stereocenters. The highest BCUT2D eigenvalue weighted by Crippen LogP contribution is 2.22. The summed E-state index contributed by atoms with van der Waals surface area (Å²) in [5.41, 5.74) is 1.76. The van der Waals surface area contributed by atoms with Gasteiger partial charge in [0.1, 0.15) is 5.75 Å². The van der Waals surface area contributed by atoms with Gasteiger partial charge < -0.3 is 15.5 Å². The molecule has 1 aliphatic rings. The molecule has 1 aromatic rings. The molecule has 3 nitrogen and oxygen atoms in total. The molecule has 0 aromatic heterocycles. The van der Waals surface area contributed by atoms with Gasteiger partial charge in [0.15, 0.2) is 0 Å². The van der Waals surface area contributed by atoms with Gasteiger partial charge in [-0.25, -0.2) is 0 Å². The van der Waals surface area contributed by atoms with E-state index in [2.05, 4.69) is 5.32 Å². The van der Waals surface area contributed by atoms with Crippen LogP contribution in [0.3, 0.4) is 0 Å². The highest BCUT2D eigenvalue weighted by Gasteiger charge is 2.14. The highest BCUT2D eigenvalue weighted by molar-refractivity contribution is 5.36. The number of rotatable bonds is 3. The Morgan fingerprint density at radius 2 is 2.25 bits per heavy atom. The van der Waals surface area contributed by atoms with Gasteiger partial charge in [-0.2, -0.15) is 0 Å². The number of aliphatic hydroxyl groups excluding tert-OH is 1. The zero-order valence-corrected chi connectivity index (χ0v) is 9.45. The molecule has 2 rings (SSSR count). The zero-order chi connectivity index (χ0) is 11.4. The summed E-state index contributed by atoms with van der Waals surface area (Å²) < 4.78 is 0. The average Bonchev–Trinajstić information content (AvgIpc) is 2.31. The van der Waals surface area contributed by atoms with Crippen molar-refractivity contribution >= 4 is 0 Å². The van der Waals surface area contributed by atoms with E-state index in [0.29, 0.717) is 11.5 Å². The van der Waals surface area contributed by atoms with Gasteiger partial charge in [-0.15, -0.1) is 0 Å². The lowest BCUT2D eigenvalue weighted by Crippen LogP contribution is -2.30. The van der Waals surface area contributed by atoms with Crippen molar-refractivity contribution in [2.45, 2.75) is 25.9 Å². The molecule has 3 N–H and O–H groups in total. The van der Waals surface area contributed by atoms with Crippen molar-refractivity contribution in [1.29, 1.82) is 0 Å². The molecule has 0 amide bonds. The second-order valence-electron chi connectivity index (χ2n) is 4.54. The fraction of sp³-hybridized carbons (Fsp3) is 0.538. The second kappa shape index (κ2) is 5.32. The Hall–Kier alpha value is -1.06. The summed E-state index contributed by atoms with van der Waals surface area (Å²) in [5.74, 6) is 0.886. The first-order chi connectivity index (χ1) is 7.79. The molecule has 88 valence electrons. The molecule has 3 heteroatoms. The number of benzene rings is 1. The van der Waals surface area contributed by atoms with Crippen molar-refractivity contribution in [3.8, 4) is 5.75 Å². The van der Waals surface area contributed by atoms with Crippen molar-refractivity contribution in [2.24, 2.45) is 5.92 Å². The summed E-state index contributed by atoms with van der Waals surface area (Å²) in [6, 6.07) is 5.58. The van der Waals surface area contributed by atoms with E-state index in [4.69, 9.17) is 5.11 Å². The quantitative estimate of drug-likeness (QED) is 0.723. The summed E-state index contributed by atoms with van der Waals surface area (Å²) in [5, 5.41) is 22.0. The van der Waals surface area contributed by atoms with Crippen LogP contribution < -0.4 is 5.32 Å². The lowest BCUT2D eigenvalue weighted by atomic mass is 9.92. The molecule has 0 spiro atoms. The Labute approximate surface area is 96.1 Å². The lowest BCUT2D eigenvalue weighted by molar-refractivity contribution is 0.275. The number of piperidine rings is 1. The summed E-state index contributed by atoms with van der Waals surface area (Å²) in [4.78, 5) is 0. The number of hydrogen-bond acceptors (Lipinski definition) is 3. The van der Waals surface area contributed by atoms with Crippen LogP contribution in [0.2, 0.25) is 0 Å². The molecular weight excluding hydrogens is 202 g/mol. The van der Waals surface area contributed by atoms with Gasteiger partial charge in [0, 0.05) is 5.56 Å². The fourth-order valence-electron chi connectivity index (χ4n) is 2.30. The van der Waals surface area contributed by atoms with Crippen LogP contribution in [-0.4, -0.2) is 23.3 Å². The first-order valence-corrected chi connectivity index (χ1v) is 5.92. The van der Waals surface area contributed by atoms with Gasteiger partial charge in [0.05, 0.1) is 6.61 Å². The molecule has 1 heterocycles. The Balaban J connectivity index is 2.01. The van der Waals surface area contributed by atoms with E-state index in [0.717, 1.165) is 25.1 Å². The van der Waals surface area contributed by atoms with Crippen molar-refractivity contribution in [3.05, 3.63) is 29.3 Å². The van der Waals surface area contributed by atoms with Crippen LogP contribution >= 0.6 is 0 Å². The third-order valence-corrected chi connectivity index (χ3v) is 3.24. The van der Waals surface area contributed by atoms with Crippen LogP contribution in [0, 0.1) is 5.92 Å². The maximum absolute atomic E-state index is 9.65. The molecule has 0 bridgehead atoms. The number of nitrogens with one attached hydrogen (secondary N) is 1. The first kappa shape index (κ1) is 11.4. The molecule has 0 aliphatic carbocycles. The largest absolute Gasteiger partial charge is 0.508 e. The SMILES string of the molecule is OCc1ccc(CC2CCCNC2)cc1O. The van der Waals surface area contributed by atoms with Gasteiger partial charge in [0.25, 0.3) is 0 Å². The Morgan fingerprint density at radius 3 is 2.88 bits per heavy atom. The van der Waals surface area contributed by atoms with Crippen molar-refractivity contribution < 1.29 is 10.2 Å². The van der Waals surface area contributed by atoms with Gasteiger partial charge in [0.2, 0.25) is 0 Å². The average molecular weight is 221 g/mol. The summed E-state index contributed by atoms with van der Waals surface area (Å²) in [6.45, 7) is 2.10. The molecule has 1 aliphatic heterocycles. The number of phenols is 1. The van der Waals surface area contributed by atoms with Crippen molar-refractivity contribution in [1.82, 2.24) is 5.32 Å². The second-order valence-corrected chi connectivity index (χ2v) is 4.54. The number of aliphatic hydroxyl groups is 1. The maximum Gasteiger partial charge on any atom is 0.121 e. The number of aromatic hydroxyl groups is 1. The van der Waals surface area contributed by atoms with E-state index in [1.165, 1.54) is 12.8 Å². The van der Waals surface area contributed by atoms with E-state index >= 15 is 0 Å². The van der Waals surface area contributed by atoms with Gasteiger partial charge in [-0.3, -0.25) is 0 Å². The van der Waals surface area contributed by atoms with Crippen LogP contribution in [0.4, 0.5) is 0 Å². The third kappa shape index (κ3) is 2.74. The summed E-state index contributed by atoms with van der Waals surface area (Å²) in [7, 11) is 0. The van der Waals surface area contributed by atoms with Crippen molar-refractivity contribution in [3.63, 3.8) is 0 Å². The van der Waals surface area contributed by atoms with Gasteiger partial charge >= 0.3 is 0 Å². The molecular formula is C13H19NO2. The van der Waals surface area contributed by atoms with Crippen LogP contribution in [-0.2, 0) is 13.0 Å². The van der Waals surface area contributed by atoms with Crippen LogP contribution in [0.25, 0.3) is 0 Å². The van der Waals surface area contributed by atoms with Crippen molar-refractivity contribution in [2.75, 3.05) is 13.1 Å². The minimum absolute atomic E-state index is 0.100. The molecule has 1 unspecified atom stereocenters. The smallest absolute Gasteiger partial charge is 0.121 e. The fourth-order valence-corrected chi connectivity index (χ4v) is 2.30. The summed E-state index contributed by atoms with van der Waals surface area (Å²) in [6.07, 6.45) is 3.51. The third-order valence-electron chi connectivity index (χ3n) is 3.24. The molecule has 1 saturated heterocycles. The molecule has 0 radical (unpaired) electrons. The van der Waals surface area contributed by atoms with Gasteiger partial charge in [-0.1, -0.05) is 12.1 Å². The molecule has 16 heavy (non-hydrogen) atoms. The molecule has 1 aromatic carbocycles. The predicted molar refractivity (Wildman–Crippen MR) is 63.3 cm³/mol. The lowest BCUT2D eigenvalue weighted by Gasteiger charge is -2.22. The van der Waals surface area contributed by atoms with Gasteiger partial charge in [-0.05, 0) is 49.9 Å². The number of hydrogen-bond donors (Lipinski definition) is 3. The van der Waals surface area contributed by atoms with Crippen LogP contribution in [0.5, 0.6) is 5.75 Å². The van der Waals surface area contributed by atoms with E-state index < -0.39 is 0 Å². The summed E-state index contributed by atoms with van der Waals surface area (Å²) >= 11 is 0. The standard InChI is InChI=1S/C13H19NO2/c15-9-12-4-3-10(7-13(12)16)6-11-2-1-5-14-8-11/h3-4,7,11,14-16H,1-2,5-6,8-9H2. The normalized spacial score (nSPS) is 20.9. The topological polar surface area (TPSA) is 52.5 Å². The van der Waals surface area contributed by atoms with E-state index in [1.807, 2.05) is 6.07 Å². The Morgan fingerprint density at radius 1 is 1.38 bits per heavy atom. The maximum atomic E-state index is 9.65. The van der Waals surface area contributed by atoms with Crippen LogP contribution in [0.1, 0.15) is 24.0 Å². The van der Waals surface area contributed by atoms with E-state index in [9.17, 15) is 5.11 Å².